The van der Waals surface area contributed by atoms with Gasteiger partial charge in [-0.15, -0.1) is 0 Å². The molecule has 1 unspecified atom stereocenters. The van der Waals surface area contributed by atoms with E-state index in [9.17, 15) is 9.59 Å². The standard InChI is InChI=1S/C22H27Cl2N3O4/c1-5-27(13-21(29)26-22-17(23)7-6-8-18(22)24)12-20(28)25-14(2)16-11-15(30-3)9-10-19(16)31-4/h6-11,14H,5,12-13H2,1-4H3,(H,25,28)(H,26,29). The quantitative estimate of drug-likeness (QED) is 0.548. The van der Waals surface area contributed by atoms with Crippen LogP contribution in [0, 0.1) is 0 Å². The van der Waals surface area contributed by atoms with Crippen LogP contribution in [0.25, 0.3) is 0 Å². The summed E-state index contributed by atoms with van der Waals surface area (Å²) in [4.78, 5) is 26.7. The smallest absolute Gasteiger partial charge is 0.238 e. The molecule has 0 heterocycles. The van der Waals surface area contributed by atoms with Crippen molar-refractivity contribution in [2.45, 2.75) is 19.9 Å². The number of rotatable bonds is 10. The summed E-state index contributed by atoms with van der Waals surface area (Å²) in [5, 5.41) is 6.34. The van der Waals surface area contributed by atoms with Gasteiger partial charge in [-0.3, -0.25) is 14.5 Å². The van der Waals surface area contributed by atoms with E-state index in [1.807, 2.05) is 19.9 Å². The molecule has 0 aliphatic carbocycles. The molecule has 2 aromatic carbocycles. The molecule has 0 saturated carbocycles. The van der Waals surface area contributed by atoms with Crippen molar-refractivity contribution in [3.63, 3.8) is 0 Å². The molecule has 1 atom stereocenters. The highest BCUT2D eigenvalue weighted by molar-refractivity contribution is 6.39. The molecular formula is C22H27Cl2N3O4. The molecule has 2 aromatic rings. The molecule has 0 aliphatic heterocycles. The predicted molar refractivity (Wildman–Crippen MR) is 123 cm³/mol. The van der Waals surface area contributed by atoms with Crippen LogP contribution < -0.4 is 20.1 Å². The fourth-order valence-corrected chi connectivity index (χ4v) is 3.52. The monoisotopic (exact) mass is 467 g/mol. The van der Waals surface area contributed by atoms with Gasteiger partial charge in [-0.1, -0.05) is 36.2 Å². The van der Waals surface area contributed by atoms with Gasteiger partial charge in [0.1, 0.15) is 11.5 Å². The number of methoxy groups -OCH3 is 2. The molecule has 2 N–H and O–H groups in total. The summed E-state index contributed by atoms with van der Waals surface area (Å²) in [5.74, 6) is 0.786. The first-order valence-corrected chi connectivity index (χ1v) is 10.5. The molecule has 0 saturated heterocycles. The Labute approximate surface area is 192 Å². The van der Waals surface area contributed by atoms with E-state index in [-0.39, 0.29) is 30.9 Å². The Bertz CT molecular complexity index is 903. The molecule has 0 bridgehead atoms. The van der Waals surface area contributed by atoms with Crippen molar-refractivity contribution >= 4 is 40.7 Å². The maximum atomic E-state index is 12.6. The Morgan fingerprint density at radius 1 is 1.03 bits per heavy atom. The van der Waals surface area contributed by atoms with E-state index >= 15 is 0 Å². The van der Waals surface area contributed by atoms with Gasteiger partial charge in [-0.2, -0.15) is 0 Å². The lowest BCUT2D eigenvalue weighted by molar-refractivity contribution is -0.123. The summed E-state index contributed by atoms with van der Waals surface area (Å²) < 4.78 is 10.6. The molecule has 0 radical (unpaired) electrons. The first kappa shape index (κ1) is 24.8. The van der Waals surface area contributed by atoms with Crippen molar-refractivity contribution in [3.8, 4) is 11.5 Å². The number of benzene rings is 2. The van der Waals surface area contributed by atoms with E-state index in [1.54, 1.807) is 49.5 Å². The third kappa shape index (κ3) is 7.02. The van der Waals surface area contributed by atoms with Crippen LogP contribution in [-0.2, 0) is 9.59 Å². The number of nitrogens with zero attached hydrogens (tertiary/aromatic N) is 1. The van der Waals surface area contributed by atoms with E-state index in [0.29, 0.717) is 33.8 Å². The predicted octanol–water partition coefficient (Wildman–Crippen LogP) is 4.15. The zero-order valence-corrected chi connectivity index (χ0v) is 19.5. The van der Waals surface area contributed by atoms with Gasteiger partial charge in [-0.05, 0) is 43.8 Å². The van der Waals surface area contributed by atoms with Crippen LogP contribution in [0.1, 0.15) is 25.5 Å². The normalized spacial score (nSPS) is 11.7. The van der Waals surface area contributed by atoms with Gasteiger partial charge in [0.25, 0.3) is 0 Å². The molecule has 0 spiro atoms. The summed E-state index contributed by atoms with van der Waals surface area (Å²) in [6, 6.07) is 10.1. The number of hydrogen-bond donors (Lipinski definition) is 2. The van der Waals surface area contributed by atoms with Crippen LogP contribution in [0.4, 0.5) is 5.69 Å². The van der Waals surface area contributed by atoms with Gasteiger partial charge in [0.2, 0.25) is 11.8 Å². The molecule has 0 fully saturated rings. The summed E-state index contributed by atoms with van der Waals surface area (Å²) in [6.45, 7) is 4.31. The van der Waals surface area contributed by atoms with Crippen LogP contribution in [0.3, 0.4) is 0 Å². The van der Waals surface area contributed by atoms with Crippen molar-refractivity contribution in [2.24, 2.45) is 0 Å². The zero-order chi connectivity index (χ0) is 23.0. The molecule has 168 valence electrons. The van der Waals surface area contributed by atoms with E-state index in [2.05, 4.69) is 10.6 Å². The van der Waals surface area contributed by atoms with Crippen LogP contribution >= 0.6 is 23.2 Å². The van der Waals surface area contributed by atoms with Crippen molar-refractivity contribution in [2.75, 3.05) is 39.2 Å². The fraction of sp³-hybridized carbons (Fsp3) is 0.364. The number of amides is 2. The lowest BCUT2D eigenvalue weighted by Gasteiger charge is -2.22. The highest BCUT2D eigenvalue weighted by atomic mass is 35.5. The Morgan fingerprint density at radius 2 is 1.68 bits per heavy atom. The van der Waals surface area contributed by atoms with Crippen molar-refractivity contribution in [1.82, 2.24) is 10.2 Å². The number of para-hydroxylation sites is 1. The maximum absolute atomic E-state index is 12.6. The van der Waals surface area contributed by atoms with Crippen molar-refractivity contribution in [1.29, 1.82) is 0 Å². The fourth-order valence-electron chi connectivity index (χ4n) is 3.02. The number of nitrogens with one attached hydrogen (secondary N) is 2. The lowest BCUT2D eigenvalue weighted by atomic mass is 10.1. The van der Waals surface area contributed by atoms with Gasteiger partial charge >= 0.3 is 0 Å². The second kappa shape index (κ2) is 11.8. The highest BCUT2D eigenvalue weighted by Gasteiger charge is 2.19. The number of ether oxygens (including phenoxy) is 2. The first-order valence-electron chi connectivity index (χ1n) is 9.76. The van der Waals surface area contributed by atoms with Crippen LogP contribution in [0.2, 0.25) is 10.0 Å². The van der Waals surface area contributed by atoms with Gasteiger partial charge in [0.05, 0.1) is 49.1 Å². The average molecular weight is 468 g/mol. The Balaban J connectivity index is 1.97. The van der Waals surface area contributed by atoms with Gasteiger partial charge in [0, 0.05) is 5.56 Å². The summed E-state index contributed by atoms with van der Waals surface area (Å²) >= 11 is 12.2. The Kier molecular flexibility index (Phi) is 9.43. The van der Waals surface area contributed by atoms with E-state index < -0.39 is 0 Å². The van der Waals surface area contributed by atoms with Crippen LogP contribution in [-0.4, -0.2) is 50.6 Å². The maximum Gasteiger partial charge on any atom is 0.238 e. The summed E-state index contributed by atoms with van der Waals surface area (Å²) in [7, 11) is 3.15. The number of carbonyl (C=O) groups is 2. The summed E-state index contributed by atoms with van der Waals surface area (Å²) in [5.41, 5.74) is 1.15. The second-order valence-electron chi connectivity index (χ2n) is 6.85. The number of carbonyl (C=O) groups excluding carboxylic acids is 2. The zero-order valence-electron chi connectivity index (χ0n) is 18.0. The first-order chi connectivity index (χ1) is 14.8. The molecule has 9 heteroatoms. The van der Waals surface area contributed by atoms with E-state index in [0.717, 1.165) is 5.56 Å². The van der Waals surface area contributed by atoms with Crippen LogP contribution in [0.5, 0.6) is 11.5 Å². The Hall–Kier alpha value is -2.48. The second-order valence-corrected chi connectivity index (χ2v) is 7.66. The minimum atomic E-state index is -0.313. The van der Waals surface area contributed by atoms with Crippen LogP contribution in [0.15, 0.2) is 36.4 Å². The molecule has 2 rings (SSSR count). The number of anilines is 1. The van der Waals surface area contributed by atoms with Gasteiger partial charge in [0.15, 0.2) is 0 Å². The third-order valence-electron chi connectivity index (χ3n) is 4.69. The largest absolute Gasteiger partial charge is 0.497 e. The minimum Gasteiger partial charge on any atom is -0.497 e. The number of hydrogen-bond acceptors (Lipinski definition) is 5. The Morgan fingerprint density at radius 3 is 2.26 bits per heavy atom. The molecule has 0 aromatic heterocycles. The minimum absolute atomic E-state index is 0.0162. The molecule has 0 aliphatic rings. The number of halogens is 2. The molecule has 2 amide bonds. The average Bonchev–Trinajstić information content (AvgIpc) is 2.75. The topological polar surface area (TPSA) is 79.9 Å². The molecular weight excluding hydrogens is 441 g/mol. The van der Waals surface area contributed by atoms with E-state index in [1.165, 1.54) is 0 Å². The van der Waals surface area contributed by atoms with Gasteiger partial charge < -0.3 is 20.1 Å². The highest BCUT2D eigenvalue weighted by Crippen LogP contribution is 2.30. The van der Waals surface area contributed by atoms with E-state index in [4.69, 9.17) is 32.7 Å². The lowest BCUT2D eigenvalue weighted by Crippen LogP contribution is -2.41. The molecule has 7 nitrogen and oxygen atoms in total. The van der Waals surface area contributed by atoms with Crippen molar-refractivity contribution < 1.29 is 19.1 Å². The number of likely N-dealkylation sites (N-methyl/N-ethyl adjacent to an activating group) is 1. The summed E-state index contributed by atoms with van der Waals surface area (Å²) in [6.07, 6.45) is 0. The third-order valence-corrected chi connectivity index (χ3v) is 5.32. The SMILES string of the molecule is CCN(CC(=O)Nc1c(Cl)cccc1Cl)CC(=O)NC(C)c1cc(OC)ccc1OC. The van der Waals surface area contributed by atoms with Crippen molar-refractivity contribution in [3.05, 3.63) is 52.0 Å². The molecule has 31 heavy (non-hydrogen) atoms. The van der Waals surface area contributed by atoms with Gasteiger partial charge in [-0.25, -0.2) is 0 Å².